The number of halogens is 1. The number of aromatic amines is 1. The summed E-state index contributed by atoms with van der Waals surface area (Å²) in [5.74, 6) is -0.705. The molecular formula is C19H22ClN5O4S. The number of nitrogens with two attached hydrogens (primary N) is 1. The van der Waals surface area contributed by atoms with Gasteiger partial charge in [-0.15, -0.1) is 12.4 Å². The van der Waals surface area contributed by atoms with Crippen LogP contribution in [-0.2, 0) is 10.0 Å². The standard InChI is InChI=1S/C19H21N5O4S.ClH/c1-23-6-8-24(9-7-23)29(27,28)13-3-5-16(21-11-13)17-14-10-12(18(20)25)2-4-15(14)22-19(17)26;/h2-5,10-11,22,26H,6-9H2,1H3,(H2,20,25);1H. The quantitative estimate of drug-likeness (QED) is 0.549. The fraction of sp³-hybridized carbons (Fsp3) is 0.263. The second kappa shape index (κ2) is 8.23. The first-order chi connectivity index (χ1) is 13.8. The number of fused-ring (bicyclic) bond motifs is 1. The Kier molecular flexibility index (Phi) is 6.04. The van der Waals surface area contributed by atoms with Gasteiger partial charge in [0.25, 0.3) is 0 Å². The largest absolute Gasteiger partial charge is 0.494 e. The Hall–Kier alpha value is -2.66. The molecule has 3 aromatic rings. The molecule has 1 aliphatic heterocycles. The molecule has 0 spiro atoms. The van der Waals surface area contributed by atoms with E-state index >= 15 is 0 Å². The summed E-state index contributed by atoms with van der Waals surface area (Å²) < 4.78 is 27.2. The predicted octanol–water partition coefficient (Wildman–Crippen LogP) is 1.39. The van der Waals surface area contributed by atoms with Gasteiger partial charge in [-0.05, 0) is 37.4 Å². The number of sulfonamides is 1. The van der Waals surface area contributed by atoms with E-state index in [0.717, 1.165) is 0 Å². The van der Waals surface area contributed by atoms with Gasteiger partial charge in [0.05, 0.1) is 11.3 Å². The SMILES string of the molecule is CN1CCN(S(=O)(=O)c2ccc(-c3c(O)[nH]c4ccc(C(N)=O)cc34)nc2)CC1.Cl. The molecule has 4 rings (SSSR count). The van der Waals surface area contributed by atoms with Crippen LogP contribution >= 0.6 is 12.4 Å². The topological polar surface area (TPSA) is 133 Å². The number of rotatable bonds is 4. The molecule has 4 N–H and O–H groups in total. The number of piperazine rings is 1. The normalized spacial score (nSPS) is 15.8. The summed E-state index contributed by atoms with van der Waals surface area (Å²) in [5.41, 5.74) is 7.02. The molecule has 2 aromatic heterocycles. The van der Waals surface area contributed by atoms with Gasteiger partial charge in [0.15, 0.2) is 5.88 Å². The van der Waals surface area contributed by atoms with E-state index in [-0.39, 0.29) is 23.2 Å². The van der Waals surface area contributed by atoms with E-state index in [1.165, 1.54) is 16.6 Å². The zero-order chi connectivity index (χ0) is 20.8. The third-order valence-corrected chi connectivity index (χ3v) is 7.04. The van der Waals surface area contributed by atoms with Crippen molar-refractivity contribution in [3.05, 3.63) is 42.1 Å². The van der Waals surface area contributed by atoms with Crippen LogP contribution in [0.3, 0.4) is 0 Å². The first-order valence-corrected chi connectivity index (χ1v) is 10.5. The van der Waals surface area contributed by atoms with Crippen LogP contribution in [0, 0.1) is 0 Å². The molecule has 1 aromatic carbocycles. The number of amides is 1. The molecule has 0 saturated carbocycles. The number of nitrogens with one attached hydrogen (secondary N) is 1. The minimum absolute atomic E-state index is 0. The van der Waals surface area contributed by atoms with E-state index in [2.05, 4.69) is 14.9 Å². The summed E-state index contributed by atoms with van der Waals surface area (Å²) in [6.45, 7) is 2.21. The number of H-pyrrole nitrogens is 1. The third kappa shape index (κ3) is 3.86. The molecule has 30 heavy (non-hydrogen) atoms. The maximum Gasteiger partial charge on any atom is 0.248 e. The smallest absolute Gasteiger partial charge is 0.248 e. The second-order valence-electron chi connectivity index (χ2n) is 7.06. The number of nitrogens with zero attached hydrogens (tertiary/aromatic N) is 3. The Labute approximate surface area is 180 Å². The van der Waals surface area contributed by atoms with Crippen molar-refractivity contribution in [2.45, 2.75) is 4.90 Å². The minimum atomic E-state index is -3.63. The predicted molar refractivity (Wildman–Crippen MR) is 115 cm³/mol. The summed E-state index contributed by atoms with van der Waals surface area (Å²) in [6, 6.07) is 7.79. The van der Waals surface area contributed by atoms with E-state index in [4.69, 9.17) is 5.73 Å². The summed E-state index contributed by atoms with van der Waals surface area (Å²) >= 11 is 0. The number of aromatic hydroxyl groups is 1. The lowest BCUT2D eigenvalue weighted by molar-refractivity contribution is 0.100. The van der Waals surface area contributed by atoms with Gasteiger partial charge in [0.2, 0.25) is 15.9 Å². The molecule has 1 amide bonds. The van der Waals surface area contributed by atoms with Crippen molar-refractivity contribution in [2.24, 2.45) is 5.73 Å². The van der Waals surface area contributed by atoms with Crippen molar-refractivity contribution < 1.29 is 18.3 Å². The highest BCUT2D eigenvalue weighted by atomic mass is 35.5. The van der Waals surface area contributed by atoms with Crippen LogP contribution in [0.1, 0.15) is 10.4 Å². The molecule has 0 aliphatic carbocycles. The minimum Gasteiger partial charge on any atom is -0.494 e. The van der Waals surface area contributed by atoms with Crippen molar-refractivity contribution in [2.75, 3.05) is 33.2 Å². The van der Waals surface area contributed by atoms with Crippen molar-refractivity contribution in [1.82, 2.24) is 19.2 Å². The van der Waals surface area contributed by atoms with Gasteiger partial charge < -0.3 is 20.7 Å². The third-order valence-electron chi connectivity index (χ3n) is 5.16. The van der Waals surface area contributed by atoms with Crippen molar-refractivity contribution in [3.63, 3.8) is 0 Å². The lowest BCUT2D eigenvalue weighted by Crippen LogP contribution is -2.47. The average Bonchev–Trinajstić information content (AvgIpc) is 3.03. The van der Waals surface area contributed by atoms with E-state index in [1.807, 2.05) is 7.05 Å². The number of benzene rings is 1. The number of likely N-dealkylation sites (N-methyl/N-ethyl adjacent to an activating group) is 1. The van der Waals surface area contributed by atoms with E-state index in [1.54, 1.807) is 24.3 Å². The average molecular weight is 452 g/mol. The van der Waals surface area contributed by atoms with Crippen LogP contribution in [0.2, 0.25) is 0 Å². The van der Waals surface area contributed by atoms with E-state index < -0.39 is 15.9 Å². The van der Waals surface area contributed by atoms with Crippen LogP contribution in [0.15, 0.2) is 41.4 Å². The Balaban J connectivity index is 0.00000256. The molecule has 0 radical (unpaired) electrons. The summed E-state index contributed by atoms with van der Waals surface area (Å²) in [5, 5.41) is 10.9. The second-order valence-corrected chi connectivity index (χ2v) is 9.00. The van der Waals surface area contributed by atoms with Gasteiger partial charge >= 0.3 is 0 Å². The molecule has 1 fully saturated rings. The summed E-state index contributed by atoms with van der Waals surface area (Å²) in [6.07, 6.45) is 1.29. The Morgan fingerprint density at radius 1 is 1.17 bits per heavy atom. The maximum atomic E-state index is 12.9. The molecule has 0 atom stereocenters. The number of carbonyl (C=O) groups is 1. The lowest BCUT2D eigenvalue weighted by atomic mass is 10.1. The van der Waals surface area contributed by atoms with Crippen molar-refractivity contribution >= 4 is 39.2 Å². The van der Waals surface area contributed by atoms with Crippen LogP contribution in [0.25, 0.3) is 22.2 Å². The molecule has 1 saturated heterocycles. The first-order valence-electron chi connectivity index (χ1n) is 9.07. The Morgan fingerprint density at radius 2 is 1.87 bits per heavy atom. The summed E-state index contributed by atoms with van der Waals surface area (Å²) in [4.78, 5) is 20.8. The summed E-state index contributed by atoms with van der Waals surface area (Å²) in [7, 11) is -1.67. The number of hydrogen-bond acceptors (Lipinski definition) is 6. The Bertz CT molecular complexity index is 1190. The number of pyridine rings is 1. The monoisotopic (exact) mass is 451 g/mol. The number of carbonyl (C=O) groups excluding carboxylic acids is 1. The first kappa shape index (κ1) is 22.0. The lowest BCUT2D eigenvalue weighted by Gasteiger charge is -2.31. The van der Waals surface area contributed by atoms with Gasteiger partial charge in [-0.25, -0.2) is 8.42 Å². The molecule has 160 valence electrons. The molecule has 0 unspecified atom stereocenters. The van der Waals surface area contributed by atoms with Gasteiger partial charge in [0, 0.05) is 48.8 Å². The molecule has 1 aliphatic rings. The molecule has 3 heterocycles. The number of aromatic nitrogens is 2. The van der Waals surface area contributed by atoms with Gasteiger partial charge in [-0.2, -0.15) is 4.31 Å². The molecule has 9 nitrogen and oxygen atoms in total. The Morgan fingerprint density at radius 3 is 2.47 bits per heavy atom. The highest BCUT2D eigenvalue weighted by molar-refractivity contribution is 7.89. The van der Waals surface area contributed by atoms with Crippen molar-refractivity contribution in [3.8, 4) is 17.1 Å². The fourth-order valence-electron chi connectivity index (χ4n) is 3.45. The van der Waals surface area contributed by atoms with Crippen LogP contribution in [0.4, 0.5) is 0 Å². The maximum absolute atomic E-state index is 12.9. The molecular weight excluding hydrogens is 430 g/mol. The van der Waals surface area contributed by atoms with E-state index in [9.17, 15) is 18.3 Å². The van der Waals surface area contributed by atoms with Crippen LogP contribution in [-0.4, -0.2) is 71.8 Å². The molecule has 11 heteroatoms. The zero-order valence-electron chi connectivity index (χ0n) is 16.2. The number of primary amides is 1. The highest BCUT2D eigenvalue weighted by Crippen LogP contribution is 2.36. The fourth-order valence-corrected chi connectivity index (χ4v) is 4.82. The molecule has 0 bridgehead atoms. The number of hydrogen-bond donors (Lipinski definition) is 3. The van der Waals surface area contributed by atoms with Gasteiger partial charge in [0.1, 0.15) is 4.90 Å². The van der Waals surface area contributed by atoms with Crippen molar-refractivity contribution in [1.29, 1.82) is 0 Å². The van der Waals surface area contributed by atoms with Crippen LogP contribution < -0.4 is 5.73 Å². The highest BCUT2D eigenvalue weighted by Gasteiger charge is 2.28. The zero-order valence-corrected chi connectivity index (χ0v) is 17.8. The van der Waals surface area contributed by atoms with E-state index in [0.29, 0.717) is 53.9 Å². The van der Waals surface area contributed by atoms with Gasteiger partial charge in [-0.1, -0.05) is 0 Å². The van der Waals surface area contributed by atoms with Gasteiger partial charge in [-0.3, -0.25) is 9.78 Å². The van der Waals surface area contributed by atoms with Crippen LogP contribution in [0.5, 0.6) is 5.88 Å².